The molecule has 0 aromatic carbocycles. The summed E-state index contributed by atoms with van der Waals surface area (Å²) in [5.74, 6) is -2.25. The van der Waals surface area contributed by atoms with Gasteiger partial charge in [0.2, 0.25) is 6.04 Å². The molecule has 0 saturated heterocycles. The van der Waals surface area contributed by atoms with E-state index in [1.165, 1.54) is 13.0 Å². The molecule has 0 spiro atoms. The summed E-state index contributed by atoms with van der Waals surface area (Å²) in [4.78, 5) is 57.6. The molecule has 8 nitrogen and oxygen atoms in total. The molecule has 0 aromatic heterocycles. The Morgan fingerprint density at radius 1 is 1.32 bits per heavy atom. The lowest BCUT2D eigenvalue weighted by molar-refractivity contribution is -0.144. The molecule has 0 N–H and O–H groups in total. The van der Waals surface area contributed by atoms with Crippen molar-refractivity contribution in [3.63, 3.8) is 0 Å². The molecule has 0 saturated carbocycles. The number of cyclic esters (lactones) is 1. The second-order valence-electron chi connectivity index (χ2n) is 5.24. The predicted molar refractivity (Wildman–Crippen MR) is 72.3 cm³/mol. The zero-order valence-electron chi connectivity index (χ0n) is 11.5. The summed E-state index contributed by atoms with van der Waals surface area (Å²) in [5, 5.41) is 5.55. The molecular formula is C14H10N2O6. The first-order valence-corrected chi connectivity index (χ1v) is 6.55. The van der Waals surface area contributed by atoms with Crippen LogP contribution < -0.4 is 0 Å². The van der Waals surface area contributed by atoms with Crippen LogP contribution in [0.15, 0.2) is 44.4 Å². The van der Waals surface area contributed by atoms with Crippen LogP contribution in [0.3, 0.4) is 0 Å². The quantitative estimate of drug-likeness (QED) is 0.569. The van der Waals surface area contributed by atoms with E-state index in [4.69, 9.17) is 4.74 Å². The van der Waals surface area contributed by atoms with Crippen molar-refractivity contribution >= 4 is 17.5 Å². The Bertz CT molecular complexity index is 742. The van der Waals surface area contributed by atoms with Gasteiger partial charge in [-0.1, -0.05) is 0 Å². The first kappa shape index (κ1) is 14.2. The fourth-order valence-corrected chi connectivity index (χ4v) is 3.03. The normalized spacial score (nSPS) is 27.0. The van der Waals surface area contributed by atoms with Crippen LogP contribution in [0.4, 0.5) is 0 Å². The van der Waals surface area contributed by atoms with E-state index in [2.05, 4.69) is 10.4 Å². The SMILES string of the molecule is CC(=O)C1=C(N=O)C2=CC3=C(COC(=O)C3N=O)C(=O)C2C1. The van der Waals surface area contributed by atoms with Crippen molar-refractivity contribution in [3.8, 4) is 0 Å². The number of rotatable bonds is 3. The van der Waals surface area contributed by atoms with Gasteiger partial charge in [0, 0.05) is 16.7 Å². The van der Waals surface area contributed by atoms with Crippen LogP contribution in [0.5, 0.6) is 0 Å². The summed E-state index contributed by atoms with van der Waals surface area (Å²) < 4.78 is 4.79. The third kappa shape index (κ3) is 1.80. The topological polar surface area (TPSA) is 119 Å². The van der Waals surface area contributed by atoms with Crippen molar-refractivity contribution in [3.05, 3.63) is 43.9 Å². The van der Waals surface area contributed by atoms with Gasteiger partial charge in [0.15, 0.2) is 11.6 Å². The van der Waals surface area contributed by atoms with Gasteiger partial charge in [-0.05, 0) is 35.3 Å². The monoisotopic (exact) mass is 302 g/mol. The number of Topliss-reactive ketones (excluding diaryl/α,β-unsaturated/α-hetero) is 2. The van der Waals surface area contributed by atoms with Crippen LogP contribution in [0.2, 0.25) is 0 Å². The van der Waals surface area contributed by atoms with E-state index in [0.717, 1.165) is 0 Å². The van der Waals surface area contributed by atoms with Crippen LogP contribution in [0, 0.1) is 15.7 Å². The van der Waals surface area contributed by atoms with Crippen LogP contribution in [-0.4, -0.2) is 30.2 Å². The van der Waals surface area contributed by atoms with E-state index in [-0.39, 0.29) is 52.6 Å². The molecule has 1 heterocycles. The summed E-state index contributed by atoms with van der Waals surface area (Å²) in [7, 11) is 0. The Balaban J connectivity index is 2.17. The highest BCUT2D eigenvalue weighted by Crippen LogP contribution is 2.44. The second kappa shape index (κ2) is 4.90. The molecule has 0 radical (unpaired) electrons. The highest BCUT2D eigenvalue weighted by molar-refractivity contribution is 6.08. The molecule has 22 heavy (non-hydrogen) atoms. The number of carbonyl (C=O) groups is 3. The fourth-order valence-electron chi connectivity index (χ4n) is 3.03. The van der Waals surface area contributed by atoms with Crippen LogP contribution in [0.1, 0.15) is 13.3 Å². The van der Waals surface area contributed by atoms with Gasteiger partial charge in [0.1, 0.15) is 12.3 Å². The summed E-state index contributed by atoms with van der Waals surface area (Å²) >= 11 is 0. The molecule has 8 heteroatoms. The van der Waals surface area contributed by atoms with Crippen molar-refractivity contribution in [1.29, 1.82) is 0 Å². The highest BCUT2D eigenvalue weighted by Gasteiger charge is 2.45. The van der Waals surface area contributed by atoms with Crippen LogP contribution >= 0.6 is 0 Å². The number of hydrogen-bond acceptors (Lipinski definition) is 8. The molecule has 0 fully saturated rings. The third-order valence-corrected chi connectivity index (χ3v) is 4.11. The van der Waals surface area contributed by atoms with E-state index in [9.17, 15) is 24.2 Å². The Labute approximate surface area is 123 Å². The first-order chi connectivity index (χ1) is 10.5. The van der Waals surface area contributed by atoms with Gasteiger partial charge in [-0.3, -0.25) is 9.59 Å². The average molecular weight is 302 g/mol. The maximum atomic E-state index is 12.5. The number of esters is 1. The van der Waals surface area contributed by atoms with Gasteiger partial charge in [-0.15, -0.1) is 9.81 Å². The Kier molecular flexibility index (Phi) is 3.16. The van der Waals surface area contributed by atoms with Crippen LogP contribution in [-0.2, 0) is 19.1 Å². The lowest BCUT2D eigenvalue weighted by Crippen LogP contribution is -2.36. The average Bonchev–Trinajstić information content (AvgIpc) is 2.86. The van der Waals surface area contributed by atoms with E-state index < -0.39 is 17.9 Å². The van der Waals surface area contributed by atoms with Crippen molar-refractivity contribution in [2.24, 2.45) is 16.3 Å². The van der Waals surface area contributed by atoms with E-state index in [1.807, 2.05) is 0 Å². The zero-order valence-corrected chi connectivity index (χ0v) is 11.5. The first-order valence-electron chi connectivity index (χ1n) is 6.55. The second-order valence-corrected chi connectivity index (χ2v) is 5.24. The number of nitrogens with zero attached hydrogens (tertiary/aromatic N) is 2. The smallest absolute Gasteiger partial charge is 0.339 e. The number of fused-ring (bicyclic) bond motifs is 1. The summed E-state index contributed by atoms with van der Waals surface area (Å²) in [6.07, 6.45) is 1.49. The molecule has 2 atom stereocenters. The van der Waals surface area contributed by atoms with Gasteiger partial charge in [-0.2, -0.15) is 0 Å². The van der Waals surface area contributed by atoms with Crippen molar-refractivity contribution in [2.45, 2.75) is 19.4 Å². The Morgan fingerprint density at radius 2 is 2.05 bits per heavy atom. The van der Waals surface area contributed by atoms with E-state index in [0.29, 0.717) is 0 Å². The summed E-state index contributed by atoms with van der Waals surface area (Å²) in [6, 6.07) is -1.43. The predicted octanol–water partition coefficient (Wildman–Crippen LogP) is 1.11. The lowest BCUT2D eigenvalue weighted by Gasteiger charge is -2.27. The molecular weight excluding hydrogens is 292 g/mol. The minimum Gasteiger partial charge on any atom is -0.459 e. The van der Waals surface area contributed by atoms with Gasteiger partial charge in [-0.25, -0.2) is 4.79 Å². The fraction of sp³-hybridized carbons (Fsp3) is 0.357. The van der Waals surface area contributed by atoms with Crippen molar-refractivity contribution < 1.29 is 19.1 Å². The number of carbonyl (C=O) groups excluding carboxylic acids is 3. The number of allylic oxidation sites excluding steroid dienone is 2. The molecule has 3 rings (SSSR count). The van der Waals surface area contributed by atoms with Gasteiger partial charge in [0.25, 0.3) is 0 Å². The summed E-state index contributed by atoms with van der Waals surface area (Å²) in [6.45, 7) is 1.05. The molecule has 2 unspecified atom stereocenters. The van der Waals surface area contributed by atoms with Gasteiger partial charge in [0.05, 0.1) is 5.92 Å². The number of hydrogen-bond donors (Lipinski definition) is 0. The number of nitroso groups, excluding NO2 is 2. The van der Waals surface area contributed by atoms with Crippen molar-refractivity contribution in [2.75, 3.05) is 6.61 Å². The minimum absolute atomic E-state index is 0.0824. The summed E-state index contributed by atoms with van der Waals surface area (Å²) in [5.41, 5.74) is 0.692. The molecule has 0 aromatic rings. The molecule has 112 valence electrons. The lowest BCUT2D eigenvalue weighted by atomic mass is 9.80. The third-order valence-electron chi connectivity index (χ3n) is 4.11. The molecule has 2 aliphatic carbocycles. The maximum Gasteiger partial charge on any atom is 0.339 e. The largest absolute Gasteiger partial charge is 0.459 e. The highest BCUT2D eigenvalue weighted by atomic mass is 16.5. The minimum atomic E-state index is -1.43. The van der Waals surface area contributed by atoms with E-state index in [1.54, 1.807) is 0 Å². The molecule has 0 bridgehead atoms. The van der Waals surface area contributed by atoms with E-state index >= 15 is 0 Å². The van der Waals surface area contributed by atoms with Crippen LogP contribution in [0.25, 0.3) is 0 Å². The van der Waals surface area contributed by atoms with Gasteiger partial charge >= 0.3 is 5.97 Å². The van der Waals surface area contributed by atoms with Crippen molar-refractivity contribution in [1.82, 2.24) is 0 Å². The standard InChI is InChI=1S/C14H10N2O6/c1-5(17)6-2-9-7(11(6)15-20)3-8-10(13(9)18)4-22-14(19)12(8)16-21/h3,9,12H,2,4H2,1H3. The van der Waals surface area contributed by atoms with Gasteiger partial charge < -0.3 is 4.74 Å². The Hall–Kier alpha value is -2.77. The molecule has 3 aliphatic rings. The Morgan fingerprint density at radius 3 is 2.64 bits per heavy atom. The molecule has 0 amide bonds. The molecule has 1 aliphatic heterocycles. The number of ketones is 2. The number of ether oxygens (including phenoxy) is 1. The maximum absolute atomic E-state index is 12.5. The zero-order chi connectivity index (χ0) is 16.0.